The van der Waals surface area contributed by atoms with Crippen molar-refractivity contribution in [3.8, 4) is 0 Å². The van der Waals surface area contributed by atoms with E-state index in [9.17, 15) is 22.2 Å². The zero-order chi connectivity index (χ0) is 19.8. The predicted molar refractivity (Wildman–Crippen MR) is 97.8 cm³/mol. The second-order valence-electron chi connectivity index (χ2n) is 6.72. The van der Waals surface area contributed by atoms with Crippen LogP contribution in [0.3, 0.4) is 0 Å². The summed E-state index contributed by atoms with van der Waals surface area (Å²) in [5, 5.41) is 0. The minimum atomic E-state index is -4.42. The molecule has 2 atom stereocenters. The van der Waals surface area contributed by atoms with Crippen molar-refractivity contribution in [2.45, 2.75) is 42.9 Å². The predicted octanol–water partition coefficient (Wildman–Crippen LogP) is 4.81. The smallest absolute Gasteiger partial charge is 0.329 e. The number of nitrogens with zero attached hydrogens (tertiary/aromatic N) is 1. The van der Waals surface area contributed by atoms with Gasteiger partial charge in [0.1, 0.15) is 0 Å². The molecule has 0 radical (unpaired) electrons. The maximum absolute atomic E-state index is 13.0. The van der Waals surface area contributed by atoms with Crippen LogP contribution in [-0.4, -0.2) is 27.3 Å². The molecule has 0 spiro atoms. The monoisotopic (exact) mass is 395 g/mol. The van der Waals surface area contributed by atoms with Crippen molar-refractivity contribution in [2.24, 2.45) is 0 Å². The Hall–Kier alpha value is -2.15. The average Bonchev–Trinajstić information content (AvgIpc) is 3.46. The van der Waals surface area contributed by atoms with Crippen molar-refractivity contribution >= 4 is 16.7 Å². The first kappa shape index (κ1) is 19.6. The topological polar surface area (TPSA) is 37.4 Å². The molecule has 0 N–H and O–H groups in total. The maximum atomic E-state index is 13.0. The lowest BCUT2D eigenvalue weighted by molar-refractivity contribution is -0.137. The number of hydrogen-bond acceptors (Lipinski definition) is 2. The fourth-order valence-electron chi connectivity index (χ4n) is 3.08. The van der Waals surface area contributed by atoms with E-state index in [0.29, 0.717) is 16.0 Å². The summed E-state index contributed by atoms with van der Waals surface area (Å²) in [5.41, 5.74) is 0.177. The van der Waals surface area contributed by atoms with Crippen LogP contribution < -0.4 is 0 Å². The molecular weight excluding hydrogens is 375 g/mol. The number of alkyl halides is 3. The van der Waals surface area contributed by atoms with Gasteiger partial charge in [0.25, 0.3) is 5.91 Å². The molecule has 1 amide bonds. The highest BCUT2D eigenvalue weighted by Gasteiger charge is 2.37. The van der Waals surface area contributed by atoms with Crippen molar-refractivity contribution in [1.29, 1.82) is 0 Å². The van der Waals surface area contributed by atoms with E-state index in [1.807, 2.05) is 0 Å². The lowest BCUT2D eigenvalue weighted by atomic mass is 10.0. The average molecular weight is 395 g/mol. The summed E-state index contributed by atoms with van der Waals surface area (Å²) in [6.07, 6.45) is -1.18. The van der Waals surface area contributed by atoms with Crippen molar-refractivity contribution in [1.82, 2.24) is 4.90 Å². The van der Waals surface area contributed by atoms with Crippen molar-refractivity contribution in [2.75, 3.05) is 6.26 Å². The van der Waals surface area contributed by atoms with Gasteiger partial charge >= 0.3 is 6.18 Å². The molecule has 3 nitrogen and oxygen atoms in total. The summed E-state index contributed by atoms with van der Waals surface area (Å²) in [5.74, 6) is -0.226. The zero-order valence-corrected chi connectivity index (χ0v) is 15.8. The van der Waals surface area contributed by atoms with Crippen LogP contribution in [0.15, 0.2) is 53.4 Å². The number of carbonyl (C=O) groups excluding carboxylic acids is 1. The summed E-state index contributed by atoms with van der Waals surface area (Å²) >= 11 is 0. The summed E-state index contributed by atoms with van der Waals surface area (Å²) in [4.78, 5) is 15.3. The molecule has 144 valence electrons. The number of halogens is 3. The van der Waals surface area contributed by atoms with Crippen LogP contribution in [0.25, 0.3) is 0 Å². The van der Waals surface area contributed by atoms with Gasteiger partial charge in [-0.3, -0.25) is 9.00 Å². The van der Waals surface area contributed by atoms with Crippen LogP contribution in [0.4, 0.5) is 13.2 Å². The quantitative estimate of drug-likeness (QED) is 0.729. The van der Waals surface area contributed by atoms with Gasteiger partial charge in [0.05, 0.1) is 11.6 Å². The molecule has 2 aromatic carbocycles. The number of amides is 1. The summed E-state index contributed by atoms with van der Waals surface area (Å²) in [6.45, 7) is 1.75. The Morgan fingerprint density at radius 2 is 1.78 bits per heavy atom. The molecule has 3 rings (SSSR count). The lowest BCUT2D eigenvalue weighted by Gasteiger charge is -2.30. The molecule has 1 aliphatic rings. The van der Waals surface area contributed by atoms with Crippen LogP contribution in [0.2, 0.25) is 0 Å². The maximum Gasteiger partial charge on any atom is 0.416 e. The van der Waals surface area contributed by atoms with Gasteiger partial charge in [0.2, 0.25) is 0 Å². The molecule has 1 aliphatic carbocycles. The van der Waals surface area contributed by atoms with Gasteiger partial charge in [-0.2, -0.15) is 13.2 Å². The molecule has 0 aromatic heterocycles. The first-order valence-electron chi connectivity index (χ1n) is 8.62. The van der Waals surface area contributed by atoms with Gasteiger partial charge in [-0.05, 0) is 61.7 Å². The summed E-state index contributed by atoms with van der Waals surface area (Å²) < 4.78 is 50.6. The molecule has 0 saturated heterocycles. The Balaban J connectivity index is 1.89. The molecular formula is C20H20F3NO2S. The Bertz CT molecular complexity index is 860. The van der Waals surface area contributed by atoms with Crippen molar-refractivity contribution in [3.63, 3.8) is 0 Å². The molecule has 0 bridgehead atoms. The first-order chi connectivity index (χ1) is 12.7. The Kier molecular flexibility index (Phi) is 5.42. The minimum Gasteiger partial charge on any atom is -0.329 e. The van der Waals surface area contributed by atoms with Crippen LogP contribution in [0, 0.1) is 0 Å². The molecule has 2 unspecified atom stereocenters. The highest BCUT2D eigenvalue weighted by Crippen LogP contribution is 2.37. The Morgan fingerprint density at radius 1 is 1.15 bits per heavy atom. The molecule has 7 heteroatoms. The lowest BCUT2D eigenvalue weighted by Crippen LogP contribution is -2.35. The third kappa shape index (κ3) is 4.40. The third-order valence-electron chi connectivity index (χ3n) is 4.72. The fraction of sp³-hybridized carbons (Fsp3) is 0.350. The molecule has 1 saturated carbocycles. The largest absolute Gasteiger partial charge is 0.416 e. The summed E-state index contributed by atoms with van der Waals surface area (Å²) in [7, 11) is -1.14. The number of rotatable bonds is 5. The minimum absolute atomic E-state index is 0.0297. The van der Waals surface area contributed by atoms with E-state index in [4.69, 9.17) is 0 Å². The molecule has 1 fully saturated rings. The second-order valence-corrected chi connectivity index (χ2v) is 8.10. The third-order valence-corrected chi connectivity index (χ3v) is 5.66. The molecule has 0 heterocycles. The van der Waals surface area contributed by atoms with E-state index in [-0.39, 0.29) is 11.9 Å². The first-order valence-corrected chi connectivity index (χ1v) is 10.2. The van der Waals surface area contributed by atoms with E-state index < -0.39 is 28.6 Å². The van der Waals surface area contributed by atoms with Gasteiger partial charge in [-0.25, -0.2) is 0 Å². The molecule has 0 aliphatic heterocycles. The van der Waals surface area contributed by atoms with Crippen LogP contribution in [-0.2, 0) is 17.0 Å². The normalized spacial score (nSPS) is 16.6. The van der Waals surface area contributed by atoms with E-state index in [2.05, 4.69) is 0 Å². The van der Waals surface area contributed by atoms with Crippen molar-refractivity contribution < 1.29 is 22.2 Å². The fourth-order valence-corrected chi connectivity index (χ4v) is 3.60. The van der Waals surface area contributed by atoms with E-state index in [0.717, 1.165) is 25.0 Å². The van der Waals surface area contributed by atoms with Gasteiger partial charge in [-0.15, -0.1) is 0 Å². The zero-order valence-electron chi connectivity index (χ0n) is 15.0. The Morgan fingerprint density at radius 3 is 2.30 bits per heavy atom. The van der Waals surface area contributed by atoms with E-state index in [1.165, 1.54) is 6.07 Å². The molecule has 27 heavy (non-hydrogen) atoms. The van der Waals surface area contributed by atoms with Crippen LogP contribution in [0.5, 0.6) is 0 Å². The number of carbonyl (C=O) groups is 1. The number of hydrogen-bond donors (Lipinski definition) is 0. The van der Waals surface area contributed by atoms with E-state index in [1.54, 1.807) is 48.4 Å². The van der Waals surface area contributed by atoms with Crippen LogP contribution >= 0.6 is 0 Å². The van der Waals surface area contributed by atoms with Gasteiger partial charge in [-0.1, -0.05) is 12.1 Å². The number of benzene rings is 2. The highest BCUT2D eigenvalue weighted by atomic mass is 32.2. The van der Waals surface area contributed by atoms with Crippen molar-refractivity contribution in [3.05, 3.63) is 65.2 Å². The van der Waals surface area contributed by atoms with Gasteiger partial charge in [0.15, 0.2) is 0 Å². The molecule has 2 aromatic rings. The second kappa shape index (κ2) is 7.46. The van der Waals surface area contributed by atoms with Gasteiger partial charge in [0, 0.05) is 33.6 Å². The van der Waals surface area contributed by atoms with E-state index >= 15 is 0 Å². The van der Waals surface area contributed by atoms with Gasteiger partial charge < -0.3 is 4.90 Å². The van der Waals surface area contributed by atoms with Crippen LogP contribution in [0.1, 0.15) is 47.3 Å². The highest BCUT2D eigenvalue weighted by molar-refractivity contribution is 7.84. The summed E-state index contributed by atoms with van der Waals surface area (Å²) in [6, 6.07) is 11.2. The Labute approximate surface area is 158 Å². The standard InChI is InChI=1S/C20H20F3NO2S/c1-13(15-4-3-5-16(12-15)20(21,22)23)24(17-8-9-17)19(25)14-6-10-18(11-7-14)27(2)26/h3-7,10-13,17H,8-9H2,1-2H3. The SMILES string of the molecule is CC(c1cccc(C(F)(F)F)c1)N(C(=O)c1ccc(S(C)=O)cc1)C1CC1.